The Morgan fingerprint density at radius 3 is 2.27 bits per heavy atom. The molecule has 22 heavy (non-hydrogen) atoms. The lowest BCUT2D eigenvalue weighted by Crippen LogP contribution is -2.27. The summed E-state index contributed by atoms with van der Waals surface area (Å²) in [7, 11) is 0. The first-order chi connectivity index (χ1) is 10.7. The van der Waals surface area contributed by atoms with Crippen LogP contribution in [0.2, 0.25) is 0 Å². The van der Waals surface area contributed by atoms with Gasteiger partial charge in [0.2, 0.25) is 5.88 Å². The minimum atomic E-state index is -0.534. The van der Waals surface area contributed by atoms with Crippen LogP contribution in [0.5, 0.6) is 5.88 Å². The van der Waals surface area contributed by atoms with E-state index in [1.165, 1.54) is 12.8 Å². The fourth-order valence-corrected chi connectivity index (χ4v) is 2.95. The van der Waals surface area contributed by atoms with Crippen LogP contribution in [-0.2, 0) is 0 Å². The molecule has 1 saturated carbocycles. The Kier molecular flexibility index (Phi) is 4.42. The number of aromatic nitrogens is 2. The van der Waals surface area contributed by atoms with Gasteiger partial charge in [-0.2, -0.15) is 0 Å². The molecule has 1 aromatic carbocycles. The second-order valence-electron chi connectivity index (χ2n) is 5.71. The largest absolute Gasteiger partial charge is 0.475 e. The maximum absolute atomic E-state index is 12.2. The molecule has 0 aliphatic heterocycles. The monoisotopic (exact) mass is 300 g/mol. The van der Waals surface area contributed by atoms with Gasteiger partial charge >= 0.3 is 5.69 Å². The molecule has 2 N–H and O–H groups in total. The fourth-order valence-electron chi connectivity index (χ4n) is 2.95. The van der Waals surface area contributed by atoms with E-state index < -0.39 is 11.2 Å². The van der Waals surface area contributed by atoms with Crippen molar-refractivity contribution >= 4 is 0 Å². The van der Waals surface area contributed by atoms with E-state index in [2.05, 4.69) is 9.97 Å². The standard InChI is InChI=1S/C17H20N2O3/c20-15-14(12-8-4-3-5-9-12)16(19-17(21)18-15)22-13-10-6-1-2-7-11-13/h3-5,8-9,13H,1-2,6-7,10-11H2,(H2,18,19,20,21). The molecule has 116 valence electrons. The molecule has 0 bridgehead atoms. The molecular formula is C17H20N2O3. The van der Waals surface area contributed by atoms with E-state index in [0.29, 0.717) is 5.56 Å². The van der Waals surface area contributed by atoms with Crippen LogP contribution in [0.15, 0.2) is 39.9 Å². The van der Waals surface area contributed by atoms with Gasteiger partial charge in [-0.05, 0) is 31.2 Å². The number of hydrogen-bond donors (Lipinski definition) is 2. The van der Waals surface area contributed by atoms with Crippen molar-refractivity contribution in [3.05, 3.63) is 51.2 Å². The minimum Gasteiger partial charge on any atom is -0.475 e. The molecule has 0 unspecified atom stereocenters. The Labute approximate surface area is 128 Å². The number of hydrogen-bond acceptors (Lipinski definition) is 3. The molecule has 0 spiro atoms. The van der Waals surface area contributed by atoms with E-state index in [-0.39, 0.29) is 12.0 Å². The van der Waals surface area contributed by atoms with Crippen LogP contribution in [0.25, 0.3) is 11.1 Å². The molecule has 5 nitrogen and oxygen atoms in total. The summed E-state index contributed by atoms with van der Waals surface area (Å²) in [5.74, 6) is 0.284. The maximum Gasteiger partial charge on any atom is 0.328 e. The van der Waals surface area contributed by atoms with Gasteiger partial charge < -0.3 is 4.74 Å². The van der Waals surface area contributed by atoms with Gasteiger partial charge in [-0.25, -0.2) is 4.79 Å². The molecule has 2 aromatic rings. The Bertz CT molecular complexity index is 726. The Morgan fingerprint density at radius 2 is 1.59 bits per heavy atom. The van der Waals surface area contributed by atoms with Crippen LogP contribution >= 0.6 is 0 Å². The zero-order chi connectivity index (χ0) is 15.4. The number of aromatic amines is 2. The Hall–Kier alpha value is -2.30. The van der Waals surface area contributed by atoms with E-state index in [9.17, 15) is 9.59 Å². The van der Waals surface area contributed by atoms with Crippen LogP contribution < -0.4 is 16.0 Å². The zero-order valence-corrected chi connectivity index (χ0v) is 12.4. The third kappa shape index (κ3) is 3.30. The molecule has 0 amide bonds. The normalized spacial score (nSPS) is 16.2. The SMILES string of the molecule is O=c1[nH]c(OC2CCCCCC2)c(-c2ccccc2)c(=O)[nH]1. The van der Waals surface area contributed by atoms with Gasteiger partial charge in [0.1, 0.15) is 11.7 Å². The van der Waals surface area contributed by atoms with Crippen LogP contribution in [-0.4, -0.2) is 16.1 Å². The number of ether oxygens (including phenoxy) is 1. The van der Waals surface area contributed by atoms with Gasteiger partial charge in [-0.1, -0.05) is 43.2 Å². The van der Waals surface area contributed by atoms with Crippen molar-refractivity contribution < 1.29 is 4.74 Å². The third-order valence-corrected chi connectivity index (χ3v) is 4.06. The highest BCUT2D eigenvalue weighted by molar-refractivity contribution is 5.67. The summed E-state index contributed by atoms with van der Waals surface area (Å²) in [5.41, 5.74) is 0.181. The van der Waals surface area contributed by atoms with Crippen molar-refractivity contribution in [2.24, 2.45) is 0 Å². The number of rotatable bonds is 3. The van der Waals surface area contributed by atoms with Crippen molar-refractivity contribution in [3.63, 3.8) is 0 Å². The van der Waals surface area contributed by atoms with Crippen molar-refractivity contribution in [2.75, 3.05) is 0 Å². The third-order valence-electron chi connectivity index (χ3n) is 4.06. The summed E-state index contributed by atoms with van der Waals surface area (Å²) in [4.78, 5) is 28.8. The molecule has 0 radical (unpaired) electrons. The zero-order valence-electron chi connectivity index (χ0n) is 12.4. The molecule has 1 aromatic heterocycles. The lowest BCUT2D eigenvalue weighted by atomic mass is 10.1. The second-order valence-corrected chi connectivity index (χ2v) is 5.71. The first kappa shape index (κ1) is 14.6. The average molecular weight is 300 g/mol. The summed E-state index contributed by atoms with van der Waals surface area (Å²) >= 11 is 0. The van der Waals surface area contributed by atoms with Gasteiger partial charge in [0.25, 0.3) is 5.56 Å². The molecule has 0 saturated heterocycles. The molecule has 1 fully saturated rings. The first-order valence-corrected chi connectivity index (χ1v) is 7.83. The fraction of sp³-hybridized carbons (Fsp3) is 0.412. The van der Waals surface area contributed by atoms with Crippen LogP contribution in [0.4, 0.5) is 0 Å². The molecule has 0 atom stereocenters. The molecule has 1 aliphatic rings. The number of nitrogens with one attached hydrogen (secondary N) is 2. The molecule has 3 rings (SSSR count). The average Bonchev–Trinajstić information content (AvgIpc) is 2.76. The van der Waals surface area contributed by atoms with E-state index in [0.717, 1.165) is 31.2 Å². The molecular weight excluding hydrogens is 280 g/mol. The van der Waals surface area contributed by atoms with Crippen LogP contribution in [0.3, 0.4) is 0 Å². The van der Waals surface area contributed by atoms with Gasteiger partial charge in [0.15, 0.2) is 0 Å². The topological polar surface area (TPSA) is 75.0 Å². The molecule has 1 heterocycles. The number of H-pyrrole nitrogens is 2. The van der Waals surface area contributed by atoms with Gasteiger partial charge in [-0.3, -0.25) is 14.8 Å². The Morgan fingerprint density at radius 1 is 0.909 bits per heavy atom. The highest BCUT2D eigenvalue weighted by atomic mass is 16.5. The summed E-state index contributed by atoms with van der Waals surface area (Å²) in [6, 6.07) is 9.27. The summed E-state index contributed by atoms with van der Waals surface area (Å²) in [6.45, 7) is 0. The van der Waals surface area contributed by atoms with Crippen LogP contribution in [0, 0.1) is 0 Å². The van der Waals surface area contributed by atoms with Crippen molar-refractivity contribution in [3.8, 4) is 17.0 Å². The highest BCUT2D eigenvalue weighted by Gasteiger charge is 2.19. The highest BCUT2D eigenvalue weighted by Crippen LogP contribution is 2.27. The van der Waals surface area contributed by atoms with Gasteiger partial charge in [-0.15, -0.1) is 0 Å². The van der Waals surface area contributed by atoms with Gasteiger partial charge in [0, 0.05) is 0 Å². The molecule has 5 heteroatoms. The van der Waals surface area contributed by atoms with E-state index in [4.69, 9.17) is 4.74 Å². The van der Waals surface area contributed by atoms with E-state index in [1.807, 2.05) is 30.3 Å². The van der Waals surface area contributed by atoms with Crippen LogP contribution in [0.1, 0.15) is 38.5 Å². The Balaban J connectivity index is 1.99. The summed E-state index contributed by atoms with van der Waals surface area (Å²) < 4.78 is 6.01. The van der Waals surface area contributed by atoms with Gasteiger partial charge in [0.05, 0.1) is 0 Å². The van der Waals surface area contributed by atoms with Crippen molar-refractivity contribution in [2.45, 2.75) is 44.6 Å². The smallest absolute Gasteiger partial charge is 0.328 e. The van der Waals surface area contributed by atoms with E-state index >= 15 is 0 Å². The van der Waals surface area contributed by atoms with E-state index in [1.54, 1.807) is 0 Å². The first-order valence-electron chi connectivity index (χ1n) is 7.83. The maximum atomic E-state index is 12.2. The number of benzene rings is 1. The van der Waals surface area contributed by atoms with Crippen molar-refractivity contribution in [1.82, 2.24) is 9.97 Å². The lowest BCUT2D eigenvalue weighted by molar-refractivity contribution is 0.176. The summed E-state index contributed by atoms with van der Waals surface area (Å²) in [6.07, 6.45) is 6.67. The minimum absolute atomic E-state index is 0.0578. The quantitative estimate of drug-likeness (QED) is 0.856. The predicted molar refractivity (Wildman–Crippen MR) is 85.2 cm³/mol. The predicted octanol–water partition coefficient (Wildman–Crippen LogP) is 2.83. The summed E-state index contributed by atoms with van der Waals surface area (Å²) in [5, 5.41) is 0. The molecule has 1 aliphatic carbocycles. The second kappa shape index (κ2) is 6.64. The van der Waals surface area contributed by atoms with Crippen molar-refractivity contribution in [1.29, 1.82) is 0 Å². The lowest BCUT2D eigenvalue weighted by Gasteiger charge is -2.18.